The summed E-state index contributed by atoms with van der Waals surface area (Å²) in [5.41, 5.74) is 6.07. The molecule has 1 fully saturated rings. The fraction of sp³-hybridized carbons (Fsp3) is 0.200. The minimum absolute atomic E-state index is 0.0139. The highest BCUT2D eigenvalue weighted by Crippen LogP contribution is 2.31. The number of nitrogens with one attached hydrogen (secondary N) is 2. The van der Waals surface area contributed by atoms with Gasteiger partial charge in [-0.2, -0.15) is 5.10 Å². The zero-order valence-electron chi connectivity index (χ0n) is 28.5. The Morgan fingerprint density at radius 3 is 2.66 bits per heavy atom. The highest BCUT2D eigenvalue weighted by molar-refractivity contribution is 6.30. The average Bonchev–Trinajstić information content (AvgIpc) is 3.67. The summed E-state index contributed by atoms with van der Waals surface area (Å²) >= 11 is 5.85. The van der Waals surface area contributed by atoms with Crippen molar-refractivity contribution >= 4 is 45.1 Å². The molecule has 0 radical (unpaired) electrons. The van der Waals surface area contributed by atoms with Crippen LogP contribution in [0.25, 0.3) is 33.2 Å². The van der Waals surface area contributed by atoms with Gasteiger partial charge in [-0.1, -0.05) is 23.7 Å². The highest BCUT2D eigenvalue weighted by atomic mass is 35.5. The van der Waals surface area contributed by atoms with Crippen LogP contribution in [-0.2, 0) is 30.9 Å². The fourth-order valence-corrected chi connectivity index (χ4v) is 6.64. The predicted octanol–water partition coefficient (Wildman–Crippen LogP) is 7.92. The van der Waals surface area contributed by atoms with Crippen LogP contribution < -0.4 is 10.1 Å². The number of aliphatic hydroxyl groups excluding tert-OH is 1. The number of aromatic nitrogens is 5. The molecule has 1 saturated heterocycles. The van der Waals surface area contributed by atoms with Gasteiger partial charge in [0.05, 0.1) is 41.5 Å². The Kier molecular flexibility index (Phi) is 9.33. The number of aromatic amines is 1. The minimum atomic E-state index is -0.538. The Bertz CT molecular complexity index is 2510. The summed E-state index contributed by atoms with van der Waals surface area (Å²) in [6.07, 6.45) is 1.15. The SMILES string of the molecule is Cc1[nH]nc2ccc(C(=O)Nc3ccc4c(c3)nc(Cc3cc(F)c(-c5cccc(OCc6ccc(Cl)cc6F)n5)cc3CO)n4CC3CCO3)cc12. The van der Waals surface area contributed by atoms with Crippen LogP contribution >= 0.6 is 11.6 Å². The lowest BCUT2D eigenvalue weighted by atomic mass is 9.99. The molecule has 13 heteroatoms. The first-order valence-electron chi connectivity index (χ1n) is 17.1. The number of ether oxygens (including phenoxy) is 2. The Morgan fingerprint density at radius 1 is 1.00 bits per heavy atom. The van der Waals surface area contributed by atoms with E-state index in [1.54, 1.807) is 42.5 Å². The average molecular weight is 735 g/mol. The third kappa shape index (κ3) is 7.08. The van der Waals surface area contributed by atoms with E-state index in [-0.39, 0.29) is 48.1 Å². The maximum Gasteiger partial charge on any atom is 0.255 e. The van der Waals surface area contributed by atoms with Crippen molar-refractivity contribution in [1.82, 2.24) is 24.7 Å². The number of halogens is 3. The lowest BCUT2D eigenvalue weighted by Crippen LogP contribution is -2.31. The molecule has 4 aromatic carbocycles. The van der Waals surface area contributed by atoms with Crippen LogP contribution in [-0.4, -0.2) is 48.5 Å². The minimum Gasteiger partial charge on any atom is -0.473 e. The van der Waals surface area contributed by atoms with E-state index in [1.165, 1.54) is 18.2 Å². The zero-order valence-corrected chi connectivity index (χ0v) is 29.3. The number of H-pyrrole nitrogens is 1. The second kappa shape index (κ2) is 14.4. The summed E-state index contributed by atoms with van der Waals surface area (Å²) in [5.74, 6) is -0.463. The van der Waals surface area contributed by atoms with E-state index in [9.17, 15) is 14.3 Å². The van der Waals surface area contributed by atoms with E-state index in [0.717, 1.165) is 28.5 Å². The first-order valence-corrected chi connectivity index (χ1v) is 17.4. The normalized spacial score (nSPS) is 14.1. The number of imidazole rings is 1. The molecule has 3 aromatic heterocycles. The number of aliphatic hydroxyl groups is 1. The first kappa shape index (κ1) is 34.4. The number of benzene rings is 4. The number of amides is 1. The topological polar surface area (TPSA) is 127 Å². The lowest BCUT2D eigenvalue weighted by molar-refractivity contribution is -0.0589. The zero-order chi connectivity index (χ0) is 36.6. The number of anilines is 1. The van der Waals surface area contributed by atoms with Crippen LogP contribution in [0.1, 0.15) is 45.0 Å². The lowest BCUT2D eigenvalue weighted by Gasteiger charge is -2.27. The number of pyridine rings is 1. The van der Waals surface area contributed by atoms with Crippen molar-refractivity contribution in [1.29, 1.82) is 0 Å². The molecule has 3 N–H and O–H groups in total. The van der Waals surface area contributed by atoms with Crippen LogP contribution in [0.3, 0.4) is 0 Å². The molecule has 0 aliphatic carbocycles. The summed E-state index contributed by atoms with van der Waals surface area (Å²) < 4.78 is 43.7. The maximum atomic E-state index is 15.9. The van der Waals surface area contributed by atoms with Gasteiger partial charge in [0.25, 0.3) is 5.91 Å². The fourth-order valence-electron chi connectivity index (χ4n) is 6.48. The van der Waals surface area contributed by atoms with Crippen LogP contribution in [0.15, 0.2) is 84.9 Å². The van der Waals surface area contributed by atoms with Crippen molar-refractivity contribution in [2.24, 2.45) is 0 Å². The van der Waals surface area contributed by atoms with E-state index in [1.807, 2.05) is 31.2 Å². The maximum absolute atomic E-state index is 15.9. The van der Waals surface area contributed by atoms with Crippen LogP contribution in [0.2, 0.25) is 5.02 Å². The van der Waals surface area contributed by atoms with Crippen LogP contribution in [0.5, 0.6) is 5.88 Å². The highest BCUT2D eigenvalue weighted by Gasteiger charge is 2.23. The van der Waals surface area contributed by atoms with Crippen molar-refractivity contribution in [2.45, 2.75) is 45.6 Å². The van der Waals surface area contributed by atoms with Gasteiger partial charge in [0.15, 0.2) is 0 Å². The Hall–Kier alpha value is -5.69. The number of carbonyl (C=O) groups excluding carboxylic acids is 1. The quantitative estimate of drug-likeness (QED) is 0.123. The molecule has 4 heterocycles. The smallest absolute Gasteiger partial charge is 0.255 e. The van der Waals surface area contributed by atoms with E-state index in [0.29, 0.717) is 58.1 Å². The van der Waals surface area contributed by atoms with Gasteiger partial charge in [-0.05, 0) is 91.2 Å². The molecular weight excluding hydrogens is 702 g/mol. The number of carbonyl (C=O) groups is 1. The number of rotatable bonds is 11. The molecule has 1 amide bonds. The molecule has 10 nitrogen and oxygen atoms in total. The Labute approximate surface area is 307 Å². The molecule has 0 spiro atoms. The second-order valence-corrected chi connectivity index (χ2v) is 13.4. The van der Waals surface area contributed by atoms with E-state index in [4.69, 9.17) is 26.1 Å². The van der Waals surface area contributed by atoms with Gasteiger partial charge in [-0.15, -0.1) is 0 Å². The summed E-state index contributed by atoms with van der Waals surface area (Å²) in [5, 5.41) is 21.7. The molecule has 1 atom stereocenters. The summed E-state index contributed by atoms with van der Waals surface area (Å²) in [7, 11) is 0. The van der Waals surface area contributed by atoms with Crippen molar-refractivity contribution in [3.63, 3.8) is 0 Å². The van der Waals surface area contributed by atoms with Gasteiger partial charge in [-0.25, -0.2) is 18.7 Å². The van der Waals surface area contributed by atoms with Gasteiger partial charge in [0.2, 0.25) is 5.88 Å². The number of hydrogen-bond acceptors (Lipinski definition) is 7. The molecule has 7 aromatic rings. The van der Waals surface area contributed by atoms with Gasteiger partial charge in [0, 0.05) is 57.6 Å². The number of fused-ring (bicyclic) bond motifs is 2. The van der Waals surface area contributed by atoms with Crippen molar-refractivity contribution in [3.8, 4) is 17.1 Å². The molecule has 8 rings (SSSR count). The predicted molar refractivity (Wildman–Crippen MR) is 197 cm³/mol. The third-order valence-corrected chi connectivity index (χ3v) is 9.71. The molecule has 268 valence electrons. The number of aryl methyl sites for hydroxylation is 1. The van der Waals surface area contributed by atoms with E-state index in [2.05, 4.69) is 25.1 Å². The van der Waals surface area contributed by atoms with Gasteiger partial charge >= 0.3 is 0 Å². The van der Waals surface area contributed by atoms with Crippen molar-refractivity contribution in [3.05, 3.63) is 135 Å². The van der Waals surface area contributed by atoms with Gasteiger partial charge in [0.1, 0.15) is 24.1 Å². The van der Waals surface area contributed by atoms with Crippen LogP contribution in [0, 0.1) is 18.6 Å². The Balaban J connectivity index is 1.06. The summed E-state index contributed by atoms with van der Waals surface area (Å²) in [6, 6.07) is 23.1. The Morgan fingerprint density at radius 2 is 1.87 bits per heavy atom. The van der Waals surface area contributed by atoms with E-state index < -0.39 is 11.6 Å². The first-order chi connectivity index (χ1) is 25.7. The monoisotopic (exact) mass is 734 g/mol. The van der Waals surface area contributed by atoms with Gasteiger partial charge < -0.3 is 24.5 Å². The molecule has 0 bridgehead atoms. The molecule has 1 unspecified atom stereocenters. The van der Waals surface area contributed by atoms with Crippen molar-refractivity contribution < 1.29 is 28.2 Å². The molecule has 1 aliphatic rings. The molecule has 0 saturated carbocycles. The molecule has 53 heavy (non-hydrogen) atoms. The largest absolute Gasteiger partial charge is 0.473 e. The molecular formula is C40H33ClF2N6O4. The van der Waals surface area contributed by atoms with Crippen LogP contribution in [0.4, 0.5) is 14.5 Å². The second-order valence-electron chi connectivity index (χ2n) is 13.0. The van der Waals surface area contributed by atoms with Gasteiger partial charge in [-0.3, -0.25) is 9.89 Å². The number of hydrogen-bond donors (Lipinski definition) is 3. The summed E-state index contributed by atoms with van der Waals surface area (Å²) in [6.45, 7) is 2.70. The third-order valence-electron chi connectivity index (χ3n) is 9.47. The van der Waals surface area contributed by atoms with Crippen molar-refractivity contribution in [2.75, 3.05) is 11.9 Å². The number of nitrogens with zero attached hydrogens (tertiary/aromatic N) is 4. The van der Waals surface area contributed by atoms with E-state index >= 15 is 4.39 Å². The molecule has 1 aliphatic heterocycles. The summed E-state index contributed by atoms with van der Waals surface area (Å²) in [4.78, 5) is 22.6. The standard InChI is InChI=1S/C40H33ClF2N6O4/c1-22-30-13-23(6-9-35(30)48-47-22)40(51)44-28-8-10-37-36(18-28)45-38(49(37)19-29-11-12-52-29)16-25-15-33(43)31(14-26(25)20-50)34-3-2-4-39(46-34)53-21-24-5-7-27(41)17-32(24)42/h2-10,13-15,17-18,29,50H,11-12,16,19-21H2,1H3,(H,44,51)(H,47,48).